The van der Waals surface area contributed by atoms with E-state index in [0.29, 0.717) is 12.3 Å². The number of carbonyl (C=O) groups excluding carboxylic acids is 1. The molecule has 3 N–H and O–H groups in total. The maximum Gasteiger partial charge on any atom is 0.220 e. The second kappa shape index (κ2) is 9.34. The number of hydrogen-bond acceptors (Lipinski definition) is 3. The number of rotatable bonds is 8. The largest absolute Gasteiger partial charge is 0.355 e. The minimum Gasteiger partial charge on any atom is -0.355 e. The van der Waals surface area contributed by atoms with Gasteiger partial charge in [-0.1, -0.05) is 13.8 Å². The summed E-state index contributed by atoms with van der Waals surface area (Å²) < 4.78 is 0. The van der Waals surface area contributed by atoms with Crippen molar-refractivity contribution >= 4 is 5.91 Å². The van der Waals surface area contributed by atoms with Crippen molar-refractivity contribution in [3.05, 3.63) is 0 Å². The summed E-state index contributed by atoms with van der Waals surface area (Å²) in [6.07, 6.45) is 4.25. The fourth-order valence-electron chi connectivity index (χ4n) is 2.54. The van der Waals surface area contributed by atoms with Crippen LogP contribution in [0.3, 0.4) is 0 Å². The SMILES string of the molecule is CCCNCCNC(=O)CC(C)C1CCNCC1. The Morgan fingerprint density at radius 3 is 2.67 bits per heavy atom. The van der Waals surface area contributed by atoms with Gasteiger partial charge in [0.25, 0.3) is 0 Å². The van der Waals surface area contributed by atoms with Crippen LogP contribution in [0.5, 0.6) is 0 Å². The Morgan fingerprint density at radius 2 is 2.00 bits per heavy atom. The molecule has 4 nitrogen and oxygen atoms in total. The summed E-state index contributed by atoms with van der Waals surface area (Å²) in [6.45, 7) is 9.23. The van der Waals surface area contributed by atoms with E-state index in [1.165, 1.54) is 12.8 Å². The Morgan fingerprint density at radius 1 is 1.28 bits per heavy atom. The molecule has 0 radical (unpaired) electrons. The first-order valence-electron chi connectivity index (χ1n) is 7.42. The third-order valence-corrected chi connectivity index (χ3v) is 3.75. The fourth-order valence-corrected chi connectivity index (χ4v) is 2.54. The molecule has 1 heterocycles. The van der Waals surface area contributed by atoms with Crippen LogP contribution in [0.1, 0.15) is 39.5 Å². The van der Waals surface area contributed by atoms with Crippen molar-refractivity contribution in [1.29, 1.82) is 0 Å². The van der Waals surface area contributed by atoms with Crippen LogP contribution in [0.2, 0.25) is 0 Å². The molecule has 0 spiro atoms. The highest BCUT2D eigenvalue weighted by molar-refractivity contribution is 5.76. The molecule has 1 saturated heterocycles. The summed E-state index contributed by atoms with van der Waals surface area (Å²) >= 11 is 0. The van der Waals surface area contributed by atoms with Crippen LogP contribution < -0.4 is 16.0 Å². The lowest BCUT2D eigenvalue weighted by Crippen LogP contribution is -2.35. The van der Waals surface area contributed by atoms with Crippen LogP contribution in [-0.4, -0.2) is 38.6 Å². The Labute approximate surface area is 111 Å². The van der Waals surface area contributed by atoms with Crippen LogP contribution in [0, 0.1) is 11.8 Å². The van der Waals surface area contributed by atoms with E-state index >= 15 is 0 Å². The predicted molar refractivity (Wildman–Crippen MR) is 75.5 cm³/mol. The van der Waals surface area contributed by atoms with Gasteiger partial charge in [-0.25, -0.2) is 0 Å². The summed E-state index contributed by atoms with van der Waals surface area (Å²) in [5, 5.41) is 9.65. The fraction of sp³-hybridized carbons (Fsp3) is 0.929. The molecule has 0 bridgehead atoms. The second-order valence-corrected chi connectivity index (χ2v) is 5.37. The van der Waals surface area contributed by atoms with E-state index in [1.807, 2.05) is 0 Å². The summed E-state index contributed by atoms with van der Waals surface area (Å²) in [5.74, 6) is 1.44. The molecule has 1 rings (SSSR count). The van der Waals surface area contributed by atoms with E-state index < -0.39 is 0 Å². The van der Waals surface area contributed by atoms with E-state index in [9.17, 15) is 4.79 Å². The molecule has 0 aliphatic carbocycles. The van der Waals surface area contributed by atoms with Crippen molar-refractivity contribution in [2.75, 3.05) is 32.7 Å². The summed E-state index contributed by atoms with van der Waals surface area (Å²) in [5.41, 5.74) is 0. The molecule has 18 heavy (non-hydrogen) atoms. The molecule has 1 unspecified atom stereocenters. The predicted octanol–water partition coefficient (Wildman–Crippen LogP) is 1.13. The lowest BCUT2D eigenvalue weighted by molar-refractivity contribution is -0.122. The van der Waals surface area contributed by atoms with Crippen molar-refractivity contribution < 1.29 is 4.79 Å². The van der Waals surface area contributed by atoms with Crippen molar-refractivity contribution in [3.63, 3.8) is 0 Å². The number of amides is 1. The molecule has 0 saturated carbocycles. The third-order valence-electron chi connectivity index (χ3n) is 3.75. The van der Waals surface area contributed by atoms with Gasteiger partial charge in [0.1, 0.15) is 0 Å². The van der Waals surface area contributed by atoms with Crippen LogP contribution in [0.4, 0.5) is 0 Å². The van der Waals surface area contributed by atoms with Crippen molar-refractivity contribution in [2.45, 2.75) is 39.5 Å². The zero-order valence-electron chi connectivity index (χ0n) is 11.9. The Balaban J connectivity index is 2.07. The number of piperidine rings is 1. The molecule has 0 aromatic carbocycles. The maximum atomic E-state index is 11.8. The van der Waals surface area contributed by atoms with Gasteiger partial charge in [0.15, 0.2) is 0 Å². The van der Waals surface area contributed by atoms with E-state index in [-0.39, 0.29) is 5.91 Å². The van der Waals surface area contributed by atoms with Crippen LogP contribution in [0.15, 0.2) is 0 Å². The first-order chi connectivity index (χ1) is 8.74. The number of carbonyl (C=O) groups is 1. The summed E-state index contributed by atoms with van der Waals surface area (Å²) in [4.78, 5) is 11.8. The normalized spacial score (nSPS) is 18.6. The summed E-state index contributed by atoms with van der Waals surface area (Å²) in [7, 11) is 0. The molecule has 0 aromatic heterocycles. The van der Waals surface area contributed by atoms with Gasteiger partial charge in [-0.05, 0) is 50.7 Å². The lowest BCUT2D eigenvalue weighted by atomic mass is 9.84. The van der Waals surface area contributed by atoms with E-state index in [0.717, 1.165) is 45.1 Å². The van der Waals surface area contributed by atoms with Crippen LogP contribution in [0.25, 0.3) is 0 Å². The highest BCUT2D eigenvalue weighted by atomic mass is 16.1. The molecule has 1 amide bonds. The van der Waals surface area contributed by atoms with Crippen LogP contribution >= 0.6 is 0 Å². The number of nitrogens with one attached hydrogen (secondary N) is 3. The van der Waals surface area contributed by atoms with Gasteiger partial charge in [-0.2, -0.15) is 0 Å². The van der Waals surface area contributed by atoms with Gasteiger partial charge in [0, 0.05) is 19.5 Å². The Kier molecular flexibility index (Phi) is 8.01. The third kappa shape index (κ3) is 6.36. The average Bonchev–Trinajstić information content (AvgIpc) is 2.39. The van der Waals surface area contributed by atoms with Crippen molar-refractivity contribution in [2.24, 2.45) is 11.8 Å². The molecular weight excluding hydrogens is 226 g/mol. The standard InChI is InChI=1S/C14H29N3O/c1-3-6-15-9-10-17-14(18)11-12(2)13-4-7-16-8-5-13/h12-13,15-16H,3-11H2,1-2H3,(H,17,18). The molecule has 0 aromatic rings. The van der Waals surface area contributed by atoms with E-state index in [1.54, 1.807) is 0 Å². The summed E-state index contributed by atoms with van der Waals surface area (Å²) in [6, 6.07) is 0. The monoisotopic (exact) mass is 255 g/mol. The van der Waals surface area contributed by atoms with Gasteiger partial charge in [-0.3, -0.25) is 4.79 Å². The van der Waals surface area contributed by atoms with Crippen LogP contribution in [-0.2, 0) is 4.79 Å². The maximum absolute atomic E-state index is 11.8. The molecular formula is C14H29N3O. The number of hydrogen-bond donors (Lipinski definition) is 3. The minimum absolute atomic E-state index is 0.208. The second-order valence-electron chi connectivity index (χ2n) is 5.37. The minimum atomic E-state index is 0.208. The first kappa shape index (κ1) is 15.4. The smallest absolute Gasteiger partial charge is 0.220 e. The van der Waals surface area contributed by atoms with Gasteiger partial charge in [-0.15, -0.1) is 0 Å². The molecule has 4 heteroatoms. The van der Waals surface area contributed by atoms with E-state index in [4.69, 9.17) is 0 Å². The molecule has 1 fully saturated rings. The van der Waals surface area contributed by atoms with Crippen molar-refractivity contribution in [3.8, 4) is 0 Å². The quantitative estimate of drug-likeness (QED) is 0.570. The lowest BCUT2D eigenvalue weighted by Gasteiger charge is -2.27. The van der Waals surface area contributed by atoms with Crippen molar-refractivity contribution in [1.82, 2.24) is 16.0 Å². The Hall–Kier alpha value is -0.610. The Bertz CT molecular complexity index is 227. The highest BCUT2D eigenvalue weighted by Crippen LogP contribution is 2.23. The van der Waals surface area contributed by atoms with Gasteiger partial charge >= 0.3 is 0 Å². The zero-order chi connectivity index (χ0) is 13.2. The zero-order valence-corrected chi connectivity index (χ0v) is 11.9. The molecule has 1 aliphatic heterocycles. The molecule has 106 valence electrons. The van der Waals surface area contributed by atoms with Gasteiger partial charge in [0.05, 0.1) is 0 Å². The van der Waals surface area contributed by atoms with Gasteiger partial charge < -0.3 is 16.0 Å². The topological polar surface area (TPSA) is 53.2 Å². The van der Waals surface area contributed by atoms with Gasteiger partial charge in [0.2, 0.25) is 5.91 Å². The average molecular weight is 255 g/mol. The molecule has 1 aliphatic rings. The van der Waals surface area contributed by atoms with E-state index in [2.05, 4.69) is 29.8 Å². The first-order valence-corrected chi connectivity index (χ1v) is 7.42. The molecule has 1 atom stereocenters. The highest BCUT2D eigenvalue weighted by Gasteiger charge is 2.21.